The number of hydrogen-bond donors (Lipinski definition) is 2. The first-order valence-electron chi connectivity index (χ1n) is 10.0. The Bertz CT molecular complexity index is 720. The Labute approximate surface area is 155 Å². The number of fused-ring (bicyclic) bond motifs is 5. The Morgan fingerprint density at radius 1 is 1.23 bits per heavy atom. The zero-order valence-corrected chi connectivity index (χ0v) is 16.0. The summed E-state index contributed by atoms with van der Waals surface area (Å²) < 4.78 is 0. The van der Waals surface area contributed by atoms with Gasteiger partial charge in [0.2, 0.25) is 0 Å². The average Bonchev–Trinajstić information content (AvgIpc) is 2.86. The Hall–Kier alpha value is -1.42. The summed E-state index contributed by atoms with van der Waals surface area (Å²) in [5, 5.41) is 19.4. The lowest BCUT2D eigenvalue weighted by Crippen LogP contribution is -2.53. The number of carbonyl (C=O) groups is 2. The van der Waals surface area contributed by atoms with E-state index in [1.807, 2.05) is 0 Å². The standard InChI is InChI=1S/C22H30O4/c1-12-8-17-15-5-4-13-9-14(24)10-19(26)22(13,3)16(15)6-7-21(17,2)20(12)18(25)11-23/h9-10,12,15-17,20,23-24H,4-8,11H2,1-3H3. The number of carbonyl (C=O) groups excluding carboxylic acids is 2. The molecule has 2 N–H and O–H groups in total. The fourth-order valence-electron chi connectivity index (χ4n) is 7.44. The van der Waals surface area contributed by atoms with Crippen molar-refractivity contribution in [1.29, 1.82) is 0 Å². The average molecular weight is 358 g/mol. The highest BCUT2D eigenvalue weighted by Gasteiger charge is 2.62. The second kappa shape index (κ2) is 5.79. The van der Waals surface area contributed by atoms with Crippen LogP contribution >= 0.6 is 0 Å². The van der Waals surface area contributed by atoms with Gasteiger partial charge in [0.15, 0.2) is 11.6 Å². The molecule has 0 radical (unpaired) electrons. The molecule has 26 heavy (non-hydrogen) atoms. The van der Waals surface area contributed by atoms with E-state index in [0.29, 0.717) is 17.8 Å². The van der Waals surface area contributed by atoms with Crippen LogP contribution in [0.25, 0.3) is 0 Å². The molecule has 0 aliphatic heterocycles. The summed E-state index contributed by atoms with van der Waals surface area (Å²) in [5.41, 5.74) is 0.522. The Kier molecular flexibility index (Phi) is 4.00. The zero-order chi connectivity index (χ0) is 18.9. The number of ketones is 2. The molecule has 7 unspecified atom stereocenters. The molecule has 0 aromatic carbocycles. The van der Waals surface area contributed by atoms with E-state index < -0.39 is 5.41 Å². The Morgan fingerprint density at radius 3 is 2.65 bits per heavy atom. The van der Waals surface area contributed by atoms with Gasteiger partial charge in [0.25, 0.3) is 0 Å². The van der Waals surface area contributed by atoms with Crippen molar-refractivity contribution in [2.75, 3.05) is 6.61 Å². The largest absolute Gasteiger partial charge is 0.508 e. The quantitative estimate of drug-likeness (QED) is 0.791. The summed E-state index contributed by atoms with van der Waals surface area (Å²) in [4.78, 5) is 25.4. The molecular formula is C22H30O4. The van der Waals surface area contributed by atoms with Gasteiger partial charge in [0.05, 0.1) is 5.41 Å². The monoisotopic (exact) mass is 358 g/mol. The molecule has 0 amide bonds. The van der Waals surface area contributed by atoms with Crippen molar-refractivity contribution in [3.63, 3.8) is 0 Å². The van der Waals surface area contributed by atoms with Crippen molar-refractivity contribution < 1.29 is 19.8 Å². The first-order valence-corrected chi connectivity index (χ1v) is 10.0. The molecule has 4 heteroatoms. The van der Waals surface area contributed by atoms with E-state index in [4.69, 9.17) is 0 Å². The third-order valence-corrected chi connectivity index (χ3v) is 8.55. The number of rotatable bonds is 2. The number of aliphatic hydroxyl groups is 2. The molecule has 3 fully saturated rings. The molecular weight excluding hydrogens is 328 g/mol. The Morgan fingerprint density at radius 2 is 1.96 bits per heavy atom. The molecule has 0 spiro atoms. The van der Waals surface area contributed by atoms with Crippen LogP contribution in [0.5, 0.6) is 0 Å². The molecule has 7 atom stereocenters. The Balaban J connectivity index is 1.70. The van der Waals surface area contributed by atoms with E-state index in [1.165, 1.54) is 6.08 Å². The fourth-order valence-corrected chi connectivity index (χ4v) is 7.44. The van der Waals surface area contributed by atoms with Gasteiger partial charge in [-0.1, -0.05) is 19.4 Å². The van der Waals surface area contributed by atoms with Gasteiger partial charge in [-0.15, -0.1) is 0 Å². The number of allylic oxidation sites excluding steroid dienone is 3. The summed E-state index contributed by atoms with van der Waals surface area (Å²) in [7, 11) is 0. The van der Waals surface area contributed by atoms with Crippen LogP contribution < -0.4 is 0 Å². The van der Waals surface area contributed by atoms with Gasteiger partial charge >= 0.3 is 0 Å². The SMILES string of the molecule is CC1CC2C3CCC4=CC(O)=CC(=O)C4(C)C3CCC2(C)C1C(=O)CO. The molecule has 4 aliphatic carbocycles. The molecule has 0 heterocycles. The lowest BCUT2D eigenvalue weighted by molar-refractivity contribution is -0.138. The number of aliphatic hydroxyl groups excluding tert-OH is 2. The van der Waals surface area contributed by atoms with Gasteiger partial charge in [-0.25, -0.2) is 0 Å². The van der Waals surface area contributed by atoms with Crippen LogP contribution in [0.4, 0.5) is 0 Å². The highest BCUT2D eigenvalue weighted by atomic mass is 16.3. The predicted molar refractivity (Wildman–Crippen MR) is 98.3 cm³/mol. The fraction of sp³-hybridized carbons (Fsp3) is 0.727. The van der Waals surface area contributed by atoms with Gasteiger partial charge in [-0.2, -0.15) is 0 Å². The van der Waals surface area contributed by atoms with Crippen molar-refractivity contribution in [3.8, 4) is 0 Å². The minimum Gasteiger partial charge on any atom is -0.508 e. The van der Waals surface area contributed by atoms with E-state index in [0.717, 1.165) is 37.7 Å². The molecule has 0 aromatic heterocycles. The van der Waals surface area contributed by atoms with Crippen LogP contribution in [0.15, 0.2) is 23.5 Å². The van der Waals surface area contributed by atoms with Gasteiger partial charge < -0.3 is 10.2 Å². The normalized spacial score (nSPS) is 47.4. The molecule has 0 saturated heterocycles. The van der Waals surface area contributed by atoms with Crippen LogP contribution in [-0.4, -0.2) is 28.4 Å². The van der Waals surface area contributed by atoms with Crippen LogP contribution in [-0.2, 0) is 9.59 Å². The van der Waals surface area contributed by atoms with Crippen molar-refractivity contribution >= 4 is 11.6 Å². The smallest absolute Gasteiger partial charge is 0.169 e. The van der Waals surface area contributed by atoms with Crippen LogP contribution in [0.1, 0.15) is 52.9 Å². The van der Waals surface area contributed by atoms with E-state index in [9.17, 15) is 19.8 Å². The number of Topliss-reactive ketones (excluding diaryl/α,β-unsaturated/α-hetero) is 1. The maximum Gasteiger partial charge on any atom is 0.169 e. The first kappa shape index (κ1) is 18.0. The topological polar surface area (TPSA) is 74.6 Å². The highest BCUT2D eigenvalue weighted by molar-refractivity contribution is 5.99. The summed E-state index contributed by atoms with van der Waals surface area (Å²) in [6, 6.07) is 0. The third-order valence-electron chi connectivity index (χ3n) is 8.55. The summed E-state index contributed by atoms with van der Waals surface area (Å²) in [6.07, 6.45) is 7.97. The summed E-state index contributed by atoms with van der Waals surface area (Å²) in [5.74, 6) is 1.51. The van der Waals surface area contributed by atoms with Crippen molar-refractivity contribution in [1.82, 2.24) is 0 Å². The van der Waals surface area contributed by atoms with Crippen LogP contribution in [0.3, 0.4) is 0 Å². The van der Waals surface area contributed by atoms with Crippen LogP contribution in [0, 0.1) is 40.4 Å². The van der Waals surface area contributed by atoms with Crippen molar-refractivity contribution in [2.24, 2.45) is 40.4 Å². The van der Waals surface area contributed by atoms with Crippen LogP contribution in [0.2, 0.25) is 0 Å². The predicted octanol–water partition coefficient (Wildman–Crippen LogP) is 3.60. The summed E-state index contributed by atoms with van der Waals surface area (Å²) in [6.45, 7) is 6.11. The lowest BCUT2D eigenvalue weighted by atomic mass is 9.47. The molecule has 142 valence electrons. The van der Waals surface area contributed by atoms with Gasteiger partial charge in [-0.05, 0) is 74.2 Å². The molecule has 3 saturated carbocycles. The minimum atomic E-state index is -0.501. The number of hydrogen-bond acceptors (Lipinski definition) is 4. The summed E-state index contributed by atoms with van der Waals surface area (Å²) >= 11 is 0. The maximum atomic E-state index is 12.9. The molecule has 0 aromatic rings. The molecule has 4 aliphatic rings. The van der Waals surface area contributed by atoms with E-state index >= 15 is 0 Å². The molecule has 0 bridgehead atoms. The van der Waals surface area contributed by atoms with Crippen molar-refractivity contribution in [3.05, 3.63) is 23.5 Å². The van der Waals surface area contributed by atoms with Crippen molar-refractivity contribution in [2.45, 2.75) is 52.9 Å². The highest BCUT2D eigenvalue weighted by Crippen LogP contribution is 2.67. The van der Waals surface area contributed by atoms with E-state index in [-0.39, 0.29) is 41.2 Å². The maximum absolute atomic E-state index is 12.9. The molecule has 4 rings (SSSR count). The van der Waals surface area contributed by atoms with Gasteiger partial charge in [0, 0.05) is 12.0 Å². The first-order chi connectivity index (χ1) is 12.2. The third kappa shape index (κ3) is 2.17. The van der Waals surface area contributed by atoms with Gasteiger partial charge in [-0.3, -0.25) is 9.59 Å². The second-order valence-corrected chi connectivity index (χ2v) is 9.58. The lowest BCUT2D eigenvalue weighted by Gasteiger charge is -2.56. The minimum absolute atomic E-state index is 0.00912. The van der Waals surface area contributed by atoms with Gasteiger partial charge in [0.1, 0.15) is 12.4 Å². The molecule has 4 nitrogen and oxygen atoms in total. The van der Waals surface area contributed by atoms with E-state index in [2.05, 4.69) is 20.8 Å². The van der Waals surface area contributed by atoms with E-state index in [1.54, 1.807) is 6.08 Å². The second-order valence-electron chi connectivity index (χ2n) is 9.58. The zero-order valence-electron chi connectivity index (χ0n) is 16.0.